The summed E-state index contributed by atoms with van der Waals surface area (Å²) in [6.07, 6.45) is 2.15. The van der Waals surface area contributed by atoms with E-state index in [-0.39, 0.29) is 37.4 Å². The van der Waals surface area contributed by atoms with Crippen LogP contribution in [0, 0.1) is 5.41 Å². The van der Waals surface area contributed by atoms with Gasteiger partial charge in [-0.15, -0.1) is 0 Å². The molecule has 0 aliphatic heterocycles. The fourth-order valence-electron chi connectivity index (χ4n) is 2.17. The topological polar surface area (TPSA) is 86.7 Å². The third kappa shape index (κ3) is 9.56. The van der Waals surface area contributed by atoms with E-state index in [0.717, 1.165) is 0 Å². The zero-order valence-corrected chi connectivity index (χ0v) is 16.7. The van der Waals surface area contributed by atoms with Crippen molar-refractivity contribution < 1.29 is 27.8 Å². The summed E-state index contributed by atoms with van der Waals surface area (Å²) in [5, 5.41) is 0. The van der Waals surface area contributed by atoms with Crippen LogP contribution >= 0.6 is 14.7 Å². The minimum Gasteiger partial charge on any atom is -0.326 e. The van der Waals surface area contributed by atoms with Gasteiger partial charge in [0.15, 0.2) is 14.7 Å². The minimum atomic E-state index is -2.90. The Kier molecular flexibility index (Phi) is 9.15. The first-order chi connectivity index (χ1) is 10.4. The van der Waals surface area contributed by atoms with Crippen molar-refractivity contribution in [3.8, 4) is 0 Å². The molecule has 6 nitrogen and oxygen atoms in total. The molecule has 0 amide bonds. The Balaban J connectivity index is 4.88. The molecular formula is C15H29O6P2. The lowest BCUT2D eigenvalue weighted by atomic mass is 9.86. The summed E-state index contributed by atoms with van der Waals surface area (Å²) in [4.78, 5) is 22.7. The van der Waals surface area contributed by atoms with Gasteiger partial charge in [0.1, 0.15) is 6.29 Å². The SMILES string of the molecule is CC(C)OP(C)(=O)CCC([C]=O)(C=O)CCP(C)(=O)OC(C)C. The highest BCUT2D eigenvalue weighted by Gasteiger charge is 2.35. The van der Waals surface area contributed by atoms with Crippen molar-refractivity contribution >= 4 is 27.3 Å². The van der Waals surface area contributed by atoms with Crippen molar-refractivity contribution in [1.82, 2.24) is 0 Å². The van der Waals surface area contributed by atoms with Crippen LogP contribution < -0.4 is 0 Å². The maximum Gasteiger partial charge on any atom is 0.212 e. The molecule has 0 aromatic heterocycles. The zero-order chi connectivity index (χ0) is 18.3. The maximum atomic E-state index is 12.3. The molecule has 23 heavy (non-hydrogen) atoms. The first kappa shape index (κ1) is 22.7. The summed E-state index contributed by atoms with van der Waals surface area (Å²) in [6.45, 7) is 10.0. The van der Waals surface area contributed by atoms with Gasteiger partial charge in [0.05, 0.1) is 17.6 Å². The minimum absolute atomic E-state index is 0.0577. The summed E-state index contributed by atoms with van der Waals surface area (Å²) < 4.78 is 35.3. The Morgan fingerprint density at radius 1 is 0.957 bits per heavy atom. The van der Waals surface area contributed by atoms with Crippen molar-refractivity contribution in [3.63, 3.8) is 0 Å². The standard InChI is InChI=1S/C15H29O6P2/c1-13(2)20-22(5,18)9-7-15(11-16,12-17)8-10-23(6,19)21-14(3)4/h11,13-14H,7-10H2,1-6H3. The molecule has 135 valence electrons. The molecule has 0 bridgehead atoms. The summed E-state index contributed by atoms with van der Waals surface area (Å²) >= 11 is 0. The Bertz CT molecular complexity index is 442. The third-order valence-electron chi connectivity index (χ3n) is 3.22. The van der Waals surface area contributed by atoms with Gasteiger partial charge in [0, 0.05) is 25.7 Å². The Labute approximate surface area is 139 Å². The van der Waals surface area contributed by atoms with E-state index in [1.165, 1.54) is 13.3 Å². The van der Waals surface area contributed by atoms with Crippen LogP contribution in [0.2, 0.25) is 0 Å². The van der Waals surface area contributed by atoms with Gasteiger partial charge in [0.2, 0.25) is 6.29 Å². The van der Waals surface area contributed by atoms with Crippen LogP contribution in [0.25, 0.3) is 0 Å². The van der Waals surface area contributed by atoms with Crippen LogP contribution in [0.15, 0.2) is 0 Å². The second kappa shape index (κ2) is 9.27. The van der Waals surface area contributed by atoms with Gasteiger partial charge in [-0.25, -0.2) is 0 Å². The van der Waals surface area contributed by atoms with E-state index in [4.69, 9.17) is 9.05 Å². The Hall–Kier alpha value is -0.280. The molecular weight excluding hydrogens is 338 g/mol. The van der Waals surface area contributed by atoms with Crippen molar-refractivity contribution in [3.05, 3.63) is 0 Å². The first-order valence-electron chi connectivity index (χ1n) is 7.72. The molecule has 2 atom stereocenters. The van der Waals surface area contributed by atoms with E-state index >= 15 is 0 Å². The molecule has 0 rings (SSSR count). The highest BCUT2D eigenvalue weighted by Crippen LogP contribution is 2.49. The van der Waals surface area contributed by atoms with Crippen LogP contribution in [0.5, 0.6) is 0 Å². The summed E-state index contributed by atoms with van der Waals surface area (Å²) in [7, 11) is -5.79. The van der Waals surface area contributed by atoms with Gasteiger partial charge in [-0.3, -0.25) is 13.9 Å². The third-order valence-corrected chi connectivity index (χ3v) is 7.03. The lowest BCUT2D eigenvalue weighted by molar-refractivity contribution is -0.113. The number of hydrogen-bond acceptors (Lipinski definition) is 6. The largest absolute Gasteiger partial charge is 0.326 e. The van der Waals surface area contributed by atoms with Crippen LogP contribution in [-0.2, 0) is 27.8 Å². The fourth-order valence-corrected chi connectivity index (χ4v) is 5.78. The van der Waals surface area contributed by atoms with E-state index in [1.807, 2.05) is 0 Å². The van der Waals surface area contributed by atoms with Crippen LogP contribution in [0.1, 0.15) is 40.5 Å². The van der Waals surface area contributed by atoms with Crippen LogP contribution in [0.4, 0.5) is 0 Å². The predicted molar refractivity (Wildman–Crippen MR) is 92.7 cm³/mol. The summed E-state index contributed by atoms with van der Waals surface area (Å²) in [5.74, 6) is 0. The van der Waals surface area contributed by atoms with Crippen molar-refractivity contribution in [2.24, 2.45) is 5.41 Å². The predicted octanol–water partition coefficient (Wildman–Crippen LogP) is 3.73. The monoisotopic (exact) mass is 367 g/mol. The number of aldehydes is 1. The van der Waals surface area contributed by atoms with Gasteiger partial charge < -0.3 is 13.8 Å². The molecule has 0 saturated heterocycles. The number of carbonyl (C=O) groups is 1. The molecule has 8 heteroatoms. The van der Waals surface area contributed by atoms with Gasteiger partial charge in [-0.05, 0) is 40.5 Å². The Morgan fingerprint density at radius 3 is 1.52 bits per heavy atom. The van der Waals surface area contributed by atoms with Crippen LogP contribution in [0.3, 0.4) is 0 Å². The van der Waals surface area contributed by atoms with E-state index in [2.05, 4.69) is 0 Å². The molecule has 0 aromatic rings. The maximum absolute atomic E-state index is 12.3. The highest BCUT2D eigenvalue weighted by molar-refractivity contribution is 7.58. The Morgan fingerprint density at radius 2 is 1.30 bits per heavy atom. The molecule has 0 spiro atoms. The van der Waals surface area contributed by atoms with Crippen molar-refractivity contribution in [1.29, 1.82) is 0 Å². The summed E-state index contributed by atoms with van der Waals surface area (Å²) in [5.41, 5.74) is -1.42. The number of rotatable bonds is 12. The molecule has 0 fully saturated rings. The lowest BCUT2D eigenvalue weighted by Crippen LogP contribution is -2.28. The molecule has 0 heterocycles. The average molecular weight is 367 g/mol. The van der Waals surface area contributed by atoms with E-state index in [0.29, 0.717) is 6.29 Å². The van der Waals surface area contributed by atoms with Crippen molar-refractivity contribution in [2.75, 3.05) is 25.7 Å². The molecule has 1 radical (unpaired) electrons. The average Bonchev–Trinajstić information content (AvgIpc) is 2.37. The fraction of sp³-hybridized carbons (Fsp3) is 0.867. The number of hydrogen-bond donors (Lipinski definition) is 0. The highest BCUT2D eigenvalue weighted by atomic mass is 31.2. The van der Waals surface area contributed by atoms with Gasteiger partial charge >= 0.3 is 0 Å². The molecule has 0 aliphatic rings. The lowest BCUT2D eigenvalue weighted by Gasteiger charge is -2.25. The first-order valence-corrected chi connectivity index (χ1v) is 12.2. The zero-order valence-electron chi connectivity index (χ0n) is 14.9. The molecule has 0 saturated carbocycles. The van der Waals surface area contributed by atoms with Crippen LogP contribution in [-0.4, -0.2) is 50.4 Å². The van der Waals surface area contributed by atoms with Gasteiger partial charge in [-0.1, -0.05) is 0 Å². The number of carbonyl (C=O) groups excluding carboxylic acids is 2. The van der Waals surface area contributed by atoms with Crippen molar-refractivity contribution in [2.45, 2.75) is 52.7 Å². The van der Waals surface area contributed by atoms with Gasteiger partial charge in [-0.2, -0.15) is 0 Å². The molecule has 0 aromatic carbocycles. The quantitative estimate of drug-likeness (QED) is 0.297. The van der Waals surface area contributed by atoms with E-state index < -0.39 is 20.2 Å². The summed E-state index contributed by atoms with van der Waals surface area (Å²) in [6, 6.07) is 0. The molecule has 0 aliphatic carbocycles. The second-order valence-corrected chi connectivity index (χ2v) is 12.0. The second-order valence-electron chi connectivity index (χ2n) is 6.66. The van der Waals surface area contributed by atoms with E-state index in [9.17, 15) is 18.7 Å². The molecule has 2 unspecified atom stereocenters. The molecule has 0 N–H and O–H groups in total. The smallest absolute Gasteiger partial charge is 0.212 e. The normalized spacial score (nSPS) is 17.7. The van der Waals surface area contributed by atoms with Gasteiger partial charge in [0.25, 0.3) is 0 Å². The van der Waals surface area contributed by atoms with E-state index in [1.54, 1.807) is 34.0 Å².